The molecule has 3 rings (SSSR count). The molecule has 1 aliphatic heterocycles. The van der Waals surface area contributed by atoms with Gasteiger partial charge in [0.25, 0.3) is 0 Å². The Balaban J connectivity index is 1.61. The number of anilines is 1. The lowest BCUT2D eigenvalue weighted by atomic mass is 10.2. The molecule has 0 atom stereocenters. The molecule has 0 amide bonds. The van der Waals surface area contributed by atoms with E-state index in [0.717, 1.165) is 62.8 Å². The van der Waals surface area contributed by atoms with Crippen LogP contribution < -0.4 is 10.1 Å². The highest BCUT2D eigenvalue weighted by atomic mass is 32.1. The van der Waals surface area contributed by atoms with E-state index >= 15 is 0 Å². The molecule has 0 aromatic heterocycles. The summed E-state index contributed by atoms with van der Waals surface area (Å²) in [6.07, 6.45) is 1.00. The first-order valence-electron chi connectivity index (χ1n) is 10.5. The molecule has 7 heteroatoms. The lowest BCUT2D eigenvalue weighted by molar-refractivity contribution is 0.0368. The molecule has 162 valence electrons. The summed E-state index contributed by atoms with van der Waals surface area (Å²) < 4.78 is 24.2. The average molecular weight is 432 g/mol. The predicted octanol–water partition coefficient (Wildman–Crippen LogP) is 4.15. The third-order valence-electron chi connectivity index (χ3n) is 5.00. The number of rotatable bonds is 9. The molecule has 1 aliphatic rings. The molecule has 5 nitrogen and oxygen atoms in total. The fourth-order valence-electron chi connectivity index (χ4n) is 3.38. The highest BCUT2D eigenvalue weighted by Crippen LogP contribution is 2.16. The van der Waals surface area contributed by atoms with Gasteiger partial charge in [-0.1, -0.05) is 12.1 Å². The number of benzene rings is 2. The summed E-state index contributed by atoms with van der Waals surface area (Å²) >= 11 is 5.69. The Hall–Kier alpha value is -2.22. The minimum absolute atomic E-state index is 0.261. The zero-order chi connectivity index (χ0) is 21.2. The van der Waals surface area contributed by atoms with E-state index in [1.54, 1.807) is 12.1 Å². The average Bonchev–Trinajstić information content (AvgIpc) is 2.77. The van der Waals surface area contributed by atoms with Crippen molar-refractivity contribution in [2.75, 3.05) is 51.3 Å². The van der Waals surface area contributed by atoms with E-state index in [0.29, 0.717) is 18.3 Å². The zero-order valence-electron chi connectivity index (χ0n) is 17.5. The van der Waals surface area contributed by atoms with Crippen molar-refractivity contribution < 1.29 is 13.9 Å². The Morgan fingerprint density at radius 1 is 1.13 bits per heavy atom. The number of hydrogen-bond donors (Lipinski definition) is 1. The molecular weight excluding hydrogens is 401 g/mol. The third kappa shape index (κ3) is 7.23. The van der Waals surface area contributed by atoms with E-state index in [2.05, 4.69) is 27.2 Å². The molecule has 0 unspecified atom stereocenters. The second-order valence-electron chi connectivity index (χ2n) is 7.24. The van der Waals surface area contributed by atoms with Crippen LogP contribution >= 0.6 is 12.2 Å². The minimum atomic E-state index is -0.261. The van der Waals surface area contributed by atoms with Crippen LogP contribution in [0.2, 0.25) is 0 Å². The Kier molecular flexibility index (Phi) is 8.86. The maximum atomic E-state index is 13.2. The van der Waals surface area contributed by atoms with Crippen LogP contribution in [0.3, 0.4) is 0 Å². The molecule has 0 spiro atoms. The molecule has 0 bridgehead atoms. The number of morpholine rings is 1. The van der Waals surface area contributed by atoms with E-state index in [4.69, 9.17) is 21.7 Å². The van der Waals surface area contributed by atoms with Crippen LogP contribution in [0.1, 0.15) is 18.9 Å². The fourth-order valence-corrected chi connectivity index (χ4v) is 3.65. The number of ether oxygens (including phenoxy) is 2. The molecule has 0 aliphatic carbocycles. The molecule has 1 saturated heterocycles. The SMILES string of the molecule is CCOc1ccc(CN(CCCN2CCOCC2)C(=S)Nc2ccc(F)cc2)cc1. The van der Waals surface area contributed by atoms with Crippen LogP contribution in [0.25, 0.3) is 0 Å². The second-order valence-corrected chi connectivity index (χ2v) is 7.63. The van der Waals surface area contributed by atoms with Crippen molar-refractivity contribution in [1.82, 2.24) is 9.80 Å². The van der Waals surface area contributed by atoms with E-state index < -0.39 is 0 Å². The van der Waals surface area contributed by atoms with Crippen molar-refractivity contribution >= 4 is 23.0 Å². The summed E-state index contributed by atoms with van der Waals surface area (Å²) in [5, 5.41) is 3.88. The van der Waals surface area contributed by atoms with Crippen LogP contribution in [0.4, 0.5) is 10.1 Å². The Morgan fingerprint density at radius 3 is 2.50 bits per heavy atom. The zero-order valence-corrected chi connectivity index (χ0v) is 18.3. The van der Waals surface area contributed by atoms with E-state index in [-0.39, 0.29) is 5.82 Å². The molecule has 2 aromatic rings. The lowest BCUT2D eigenvalue weighted by Gasteiger charge is -2.29. The van der Waals surface area contributed by atoms with Gasteiger partial charge in [0.2, 0.25) is 0 Å². The van der Waals surface area contributed by atoms with Gasteiger partial charge in [-0.3, -0.25) is 4.90 Å². The Bertz CT molecular complexity index is 780. The Morgan fingerprint density at radius 2 is 1.83 bits per heavy atom. The van der Waals surface area contributed by atoms with Gasteiger partial charge >= 0.3 is 0 Å². The topological polar surface area (TPSA) is 37.0 Å². The molecular formula is C23H30FN3O2S. The van der Waals surface area contributed by atoms with Gasteiger partial charge in [0.15, 0.2) is 5.11 Å². The number of hydrogen-bond acceptors (Lipinski definition) is 4. The van der Waals surface area contributed by atoms with Gasteiger partial charge in [-0.05, 0) is 67.5 Å². The van der Waals surface area contributed by atoms with E-state index in [1.165, 1.54) is 12.1 Å². The first-order chi connectivity index (χ1) is 14.6. The van der Waals surface area contributed by atoms with Crippen molar-refractivity contribution in [3.63, 3.8) is 0 Å². The van der Waals surface area contributed by atoms with Gasteiger partial charge in [-0.15, -0.1) is 0 Å². The first-order valence-corrected chi connectivity index (χ1v) is 10.9. The summed E-state index contributed by atoms with van der Waals surface area (Å²) in [6, 6.07) is 14.4. The van der Waals surface area contributed by atoms with Crippen molar-refractivity contribution in [3.8, 4) is 5.75 Å². The summed E-state index contributed by atoms with van der Waals surface area (Å²) in [6.45, 7) is 8.75. The maximum Gasteiger partial charge on any atom is 0.173 e. The van der Waals surface area contributed by atoms with Gasteiger partial charge in [-0.2, -0.15) is 0 Å². The quantitative estimate of drug-likeness (QED) is 0.602. The number of thiocarbonyl (C=S) groups is 1. The van der Waals surface area contributed by atoms with Crippen molar-refractivity contribution in [2.24, 2.45) is 0 Å². The molecule has 1 heterocycles. The van der Waals surface area contributed by atoms with Crippen LogP contribution in [0.5, 0.6) is 5.75 Å². The van der Waals surface area contributed by atoms with Gasteiger partial charge in [0.1, 0.15) is 11.6 Å². The highest BCUT2D eigenvalue weighted by Gasteiger charge is 2.14. The summed E-state index contributed by atoms with van der Waals surface area (Å²) in [5.41, 5.74) is 1.94. The van der Waals surface area contributed by atoms with Crippen molar-refractivity contribution in [3.05, 3.63) is 59.9 Å². The standard InChI is InChI=1S/C23H30FN3O2S/c1-2-29-22-10-4-19(5-11-22)18-27(13-3-12-26-14-16-28-17-15-26)23(30)25-21-8-6-20(24)7-9-21/h4-11H,2-3,12-18H2,1H3,(H,25,30). The molecule has 1 fully saturated rings. The summed E-state index contributed by atoms with van der Waals surface area (Å²) in [7, 11) is 0. The first kappa shape index (κ1) is 22.5. The minimum Gasteiger partial charge on any atom is -0.494 e. The monoisotopic (exact) mass is 431 g/mol. The van der Waals surface area contributed by atoms with E-state index in [1.807, 2.05) is 19.1 Å². The molecule has 0 saturated carbocycles. The summed E-state index contributed by atoms with van der Waals surface area (Å²) in [4.78, 5) is 4.59. The maximum absolute atomic E-state index is 13.2. The predicted molar refractivity (Wildman–Crippen MR) is 123 cm³/mol. The van der Waals surface area contributed by atoms with Crippen LogP contribution in [-0.4, -0.2) is 60.9 Å². The molecule has 0 radical (unpaired) electrons. The fraction of sp³-hybridized carbons (Fsp3) is 0.435. The van der Waals surface area contributed by atoms with Gasteiger partial charge in [-0.25, -0.2) is 4.39 Å². The van der Waals surface area contributed by atoms with E-state index in [9.17, 15) is 4.39 Å². The molecule has 2 aromatic carbocycles. The Labute approximate surface area is 183 Å². The van der Waals surface area contributed by atoms with Crippen LogP contribution in [0, 0.1) is 5.82 Å². The lowest BCUT2D eigenvalue weighted by Crippen LogP contribution is -2.40. The summed E-state index contributed by atoms with van der Waals surface area (Å²) in [5.74, 6) is 0.607. The third-order valence-corrected chi connectivity index (χ3v) is 5.36. The van der Waals surface area contributed by atoms with Gasteiger partial charge in [0, 0.05) is 38.4 Å². The highest BCUT2D eigenvalue weighted by molar-refractivity contribution is 7.80. The van der Waals surface area contributed by atoms with Gasteiger partial charge < -0.3 is 19.7 Å². The number of nitrogens with one attached hydrogen (secondary N) is 1. The molecule has 1 N–H and O–H groups in total. The van der Waals surface area contributed by atoms with Crippen molar-refractivity contribution in [1.29, 1.82) is 0 Å². The molecule has 30 heavy (non-hydrogen) atoms. The number of nitrogens with zero attached hydrogens (tertiary/aromatic N) is 2. The smallest absolute Gasteiger partial charge is 0.173 e. The largest absolute Gasteiger partial charge is 0.494 e. The second kappa shape index (κ2) is 11.8. The van der Waals surface area contributed by atoms with Crippen molar-refractivity contribution in [2.45, 2.75) is 19.9 Å². The number of halogens is 1. The van der Waals surface area contributed by atoms with Crippen LogP contribution in [0.15, 0.2) is 48.5 Å². The van der Waals surface area contributed by atoms with Gasteiger partial charge in [0.05, 0.1) is 19.8 Å². The van der Waals surface area contributed by atoms with Crippen LogP contribution in [-0.2, 0) is 11.3 Å². The normalized spacial score (nSPS) is 14.3.